The van der Waals surface area contributed by atoms with Gasteiger partial charge in [-0.25, -0.2) is 4.79 Å². The van der Waals surface area contributed by atoms with E-state index < -0.39 is 5.97 Å². The zero-order valence-corrected chi connectivity index (χ0v) is 19.6. The van der Waals surface area contributed by atoms with Crippen molar-refractivity contribution in [3.63, 3.8) is 0 Å². The van der Waals surface area contributed by atoms with Crippen molar-refractivity contribution in [3.8, 4) is 5.69 Å². The van der Waals surface area contributed by atoms with Crippen LogP contribution in [0.3, 0.4) is 0 Å². The summed E-state index contributed by atoms with van der Waals surface area (Å²) in [6, 6.07) is 15.1. The van der Waals surface area contributed by atoms with Crippen LogP contribution in [-0.2, 0) is 0 Å². The zero-order valence-electron chi connectivity index (χ0n) is 18.7. The molecule has 0 unspecified atom stereocenters. The van der Waals surface area contributed by atoms with E-state index >= 15 is 0 Å². The molecule has 2 aromatic heterocycles. The van der Waals surface area contributed by atoms with Crippen molar-refractivity contribution in [1.82, 2.24) is 19.8 Å². The minimum atomic E-state index is -0.925. The van der Waals surface area contributed by atoms with Gasteiger partial charge < -0.3 is 19.9 Å². The Kier molecular flexibility index (Phi) is 6.02. The largest absolute Gasteiger partial charge is 0.478 e. The van der Waals surface area contributed by atoms with Crippen LogP contribution >= 0.6 is 12.2 Å². The summed E-state index contributed by atoms with van der Waals surface area (Å²) in [5.41, 5.74) is 5.56. The fraction of sp³-hybridized carbons (Fsp3) is 0.320. The number of carboxylic acids is 1. The van der Waals surface area contributed by atoms with Gasteiger partial charge in [0.05, 0.1) is 23.3 Å². The molecule has 1 aliphatic rings. The third kappa shape index (κ3) is 4.00. The summed E-state index contributed by atoms with van der Waals surface area (Å²) in [6.45, 7) is 9.42. The van der Waals surface area contributed by atoms with Crippen LogP contribution in [-0.4, -0.2) is 37.2 Å². The molecule has 2 atom stereocenters. The molecule has 7 heteroatoms. The Balaban J connectivity index is 1.80. The predicted octanol–water partition coefficient (Wildman–Crippen LogP) is 4.82. The van der Waals surface area contributed by atoms with Gasteiger partial charge in [0.15, 0.2) is 5.11 Å². The van der Waals surface area contributed by atoms with Gasteiger partial charge in [-0.1, -0.05) is 19.9 Å². The Bertz CT molecular complexity index is 1140. The number of thiocarbonyl (C=S) groups is 1. The number of benzene rings is 1. The van der Waals surface area contributed by atoms with Crippen molar-refractivity contribution in [1.29, 1.82) is 0 Å². The van der Waals surface area contributed by atoms with E-state index in [4.69, 9.17) is 12.2 Å². The molecule has 0 aliphatic carbocycles. The van der Waals surface area contributed by atoms with Crippen LogP contribution in [0.15, 0.2) is 54.7 Å². The maximum Gasteiger partial charge on any atom is 0.335 e. The van der Waals surface area contributed by atoms with E-state index in [1.54, 1.807) is 12.1 Å². The molecule has 3 heterocycles. The Hall–Kier alpha value is -3.19. The van der Waals surface area contributed by atoms with Gasteiger partial charge in [-0.3, -0.25) is 4.98 Å². The number of rotatable bonds is 6. The van der Waals surface area contributed by atoms with Crippen LogP contribution in [0.2, 0.25) is 0 Å². The molecule has 1 fully saturated rings. The van der Waals surface area contributed by atoms with Gasteiger partial charge in [-0.05, 0) is 80.0 Å². The standard InChI is InChI=1S/C25H28N4O2S/c1-15(2)14-28-23(22(27-25(28)32)21-7-5-6-12-26-21)20-13-16(3)29(17(20)4)19-10-8-18(9-11-19)24(30)31/h5-13,15,22-23H,14H2,1-4H3,(H,27,32)(H,30,31)/t22-,23-/m1/s1. The Morgan fingerprint density at radius 3 is 2.50 bits per heavy atom. The summed E-state index contributed by atoms with van der Waals surface area (Å²) in [5, 5.41) is 13.5. The lowest BCUT2D eigenvalue weighted by Gasteiger charge is -2.29. The predicted molar refractivity (Wildman–Crippen MR) is 129 cm³/mol. The maximum absolute atomic E-state index is 11.2. The monoisotopic (exact) mass is 448 g/mol. The molecule has 0 radical (unpaired) electrons. The summed E-state index contributed by atoms with van der Waals surface area (Å²) in [7, 11) is 0. The highest BCUT2D eigenvalue weighted by Crippen LogP contribution is 2.41. The van der Waals surface area contributed by atoms with Gasteiger partial charge in [-0.15, -0.1) is 0 Å². The van der Waals surface area contributed by atoms with Gasteiger partial charge in [0.2, 0.25) is 0 Å². The second-order valence-electron chi connectivity index (χ2n) is 8.69. The molecule has 6 nitrogen and oxygen atoms in total. The summed E-state index contributed by atoms with van der Waals surface area (Å²) in [4.78, 5) is 18.1. The number of pyridine rings is 1. The number of hydrogen-bond acceptors (Lipinski definition) is 3. The number of carbonyl (C=O) groups is 1. The molecule has 3 aromatic rings. The second kappa shape index (κ2) is 8.74. The number of nitrogens with zero attached hydrogens (tertiary/aromatic N) is 3. The fourth-order valence-electron chi connectivity index (χ4n) is 4.57. The van der Waals surface area contributed by atoms with E-state index in [-0.39, 0.29) is 17.6 Å². The Labute approximate surface area is 193 Å². The lowest BCUT2D eigenvalue weighted by atomic mass is 9.96. The average molecular weight is 449 g/mol. The van der Waals surface area contributed by atoms with Crippen molar-refractivity contribution in [3.05, 3.63) is 82.9 Å². The van der Waals surface area contributed by atoms with Crippen LogP contribution in [0.5, 0.6) is 0 Å². The molecule has 32 heavy (non-hydrogen) atoms. The van der Waals surface area contributed by atoms with Crippen molar-refractivity contribution in [2.75, 3.05) is 6.54 Å². The molecule has 0 saturated carbocycles. The summed E-state index contributed by atoms with van der Waals surface area (Å²) in [6.07, 6.45) is 1.81. The van der Waals surface area contributed by atoms with Crippen LogP contribution in [0, 0.1) is 19.8 Å². The molecule has 0 amide bonds. The van der Waals surface area contributed by atoms with Crippen LogP contribution < -0.4 is 5.32 Å². The van der Waals surface area contributed by atoms with Gasteiger partial charge in [0.25, 0.3) is 0 Å². The summed E-state index contributed by atoms with van der Waals surface area (Å²) >= 11 is 5.75. The maximum atomic E-state index is 11.2. The van der Waals surface area contributed by atoms with E-state index in [2.05, 4.69) is 53.5 Å². The molecule has 0 spiro atoms. The first-order chi connectivity index (χ1) is 15.3. The normalized spacial score (nSPS) is 18.3. The van der Waals surface area contributed by atoms with Crippen LogP contribution in [0.4, 0.5) is 0 Å². The van der Waals surface area contributed by atoms with Gasteiger partial charge in [-0.2, -0.15) is 0 Å². The lowest BCUT2D eigenvalue weighted by Crippen LogP contribution is -2.33. The Morgan fingerprint density at radius 1 is 1.19 bits per heavy atom. The zero-order chi connectivity index (χ0) is 23.0. The van der Waals surface area contributed by atoms with Crippen molar-refractivity contribution < 1.29 is 9.90 Å². The summed E-state index contributed by atoms with van der Waals surface area (Å²) < 4.78 is 2.17. The molecule has 0 bridgehead atoms. The number of aromatic carboxylic acids is 1. The minimum Gasteiger partial charge on any atom is -0.478 e. The van der Waals surface area contributed by atoms with E-state index in [1.165, 1.54) is 5.56 Å². The van der Waals surface area contributed by atoms with E-state index in [0.717, 1.165) is 34.4 Å². The molecule has 166 valence electrons. The number of aromatic nitrogens is 2. The molecule has 4 rings (SSSR count). The highest BCUT2D eigenvalue weighted by Gasteiger charge is 2.41. The van der Waals surface area contributed by atoms with Gasteiger partial charge >= 0.3 is 5.97 Å². The highest BCUT2D eigenvalue weighted by molar-refractivity contribution is 7.80. The van der Waals surface area contributed by atoms with Crippen LogP contribution in [0.1, 0.15) is 58.9 Å². The van der Waals surface area contributed by atoms with Crippen molar-refractivity contribution in [2.45, 2.75) is 39.8 Å². The van der Waals surface area contributed by atoms with Crippen molar-refractivity contribution in [2.24, 2.45) is 5.92 Å². The minimum absolute atomic E-state index is 0.0121. The lowest BCUT2D eigenvalue weighted by molar-refractivity contribution is 0.0697. The molecule has 1 aliphatic heterocycles. The quantitative estimate of drug-likeness (QED) is 0.527. The van der Waals surface area contributed by atoms with E-state index in [9.17, 15) is 9.90 Å². The topological polar surface area (TPSA) is 70.4 Å². The highest BCUT2D eigenvalue weighted by atomic mass is 32.1. The molecular weight excluding hydrogens is 420 g/mol. The Morgan fingerprint density at radius 2 is 1.91 bits per heavy atom. The number of nitrogens with one attached hydrogen (secondary N) is 1. The first kappa shape index (κ1) is 22.0. The van der Waals surface area contributed by atoms with Crippen molar-refractivity contribution >= 4 is 23.3 Å². The third-order valence-electron chi connectivity index (χ3n) is 5.92. The molecule has 1 saturated heterocycles. The first-order valence-electron chi connectivity index (χ1n) is 10.8. The van der Waals surface area contributed by atoms with Crippen LogP contribution in [0.25, 0.3) is 5.69 Å². The van der Waals surface area contributed by atoms with E-state index in [1.807, 2.05) is 36.5 Å². The molecule has 1 aromatic carbocycles. The van der Waals surface area contributed by atoms with E-state index in [0.29, 0.717) is 5.92 Å². The first-order valence-corrected chi connectivity index (χ1v) is 11.2. The van der Waals surface area contributed by atoms with Gasteiger partial charge in [0.1, 0.15) is 0 Å². The fourth-order valence-corrected chi connectivity index (χ4v) is 4.89. The smallest absolute Gasteiger partial charge is 0.335 e. The third-order valence-corrected chi connectivity index (χ3v) is 6.27. The molecular formula is C25H28N4O2S. The summed E-state index contributed by atoms with van der Waals surface area (Å²) in [5.74, 6) is -0.474. The van der Waals surface area contributed by atoms with Gasteiger partial charge in [0, 0.05) is 29.8 Å². The molecule has 2 N–H and O–H groups in total. The SMILES string of the molecule is Cc1cc([C@@H]2[C@@H](c3ccccn3)NC(=S)N2CC(C)C)c(C)n1-c1ccc(C(=O)O)cc1. The number of carboxylic acid groups (broad SMARTS) is 1. The number of aryl methyl sites for hydroxylation is 1. The second-order valence-corrected chi connectivity index (χ2v) is 9.07. The number of hydrogen-bond donors (Lipinski definition) is 2. The average Bonchev–Trinajstić information content (AvgIpc) is 3.23.